The zero-order chi connectivity index (χ0) is 34.3. The van der Waals surface area contributed by atoms with Crippen LogP contribution in [0.5, 0.6) is 0 Å². The van der Waals surface area contributed by atoms with Crippen LogP contribution < -0.4 is 4.90 Å². The van der Waals surface area contributed by atoms with E-state index in [4.69, 9.17) is 11.6 Å². The Bertz CT molecular complexity index is 2050. The first-order chi connectivity index (χ1) is 23.7. The van der Waals surface area contributed by atoms with Crippen LogP contribution in [0, 0.1) is 0 Å². The Labute approximate surface area is 296 Å². The lowest BCUT2D eigenvalue weighted by Crippen LogP contribution is -2.30. The molecule has 0 bridgehead atoms. The van der Waals surface area contributed by atoms with E-state index in [-0.39, 0.29) is 24.0 Å². The summed E-state index contributed by atoms with van der Waals surface area (Å²) in [4.78, 5) is 2.41. The van der Waals surface area contributed by atoms with Gasteiger partial charge in [0.1, 0.15) is 0 Å². The van der Waals surface area contributed by atoms with Gasteiger partial charge in [0.15, 0.2) is 12.3 Å². The predicted molar refractivity (Wildman–Crippen MR) is 207 cm³/mol. The first kappa shape index (κ1) is 33.8. The van der Waals surface area contributed by atoms with E-state index in [9.17, 15) is 10.2 Å². The molecule has 5 heteroatoms. The van der Waals surface area contributed by atoms with Crippen molar-refractivity contribution in [1.82, 2.24) is 0 Å². The molecular formula is C44H50ClN2O2+. The van der Waals surface area contributed by atoms with Crippen LogP contribution in [0.1, 0.15) is 83.8 Å². The van der Waals surface area contributed by atoms with Crippen LogP contribution in [0.4, 0.5) is 11.4 Å². The SMILES string of the molecule is CC1(C)C(=CC=C2CCCC(CCC3=[N+](CCCO)c4ccc5ccccc5c4C3(C)C)=C2Cl)N(CCCO)c2ccc3ccccc3c21. The Hall–Kier alpha value is -3.70. The van der Waals surface area contributed by atoms with E-state index in [2.05, 4.69) is 122 Å². The van der Waals surface area contributed by atoms with Crippen molar-refractivity contribution in [2.24, 2.45) is 0 Å². The summed E-state index contributed by atoms with van der Waals surface area (Å²) >= 11 is 7.32. The van der Waals surface area contributed by atoms with Crippen LogP contribution in [0.25, 0.3) is 21.5 Å². The van der Waals surface area contributed by atoms with Gasteiger partial charge >= 0.3 is 0 Å². The molecule has 0 unspecified atom stereocenters. The van der Waals surface area contributed by atoms with Gasteiger partial charge in [-0.15, -0.1) is 0 Å². The van der Waals surface area contributed by atoms with Gasteiger partial charge in [-0.1, -0.05) is 91.7 Å². The van der Waals surface area contributed by atoms with Crippen LogP contribution in [-0.4, -0.2) is 46.8 Å². The number of fused-ring (bicyclic) bond motifs is 6. The summed E-state index contributed by atoms with van der Waals surface area (Å²) in [5.41, 5.74) is 10.2. The maximum absolute atomic E-state index is 9.79. The number of rotatable bonds is 10. The third-order valence-corrected chi connectivity index (χ3v) is 11.8. The monoisotopic (exact) mass is 673 g/mol. The highest BCUT2D eigenvalue weighted by molar-refractivity contribution is 6.32. The van der Waals surface area contributed by atoms with Crippen molar-refractivity contribution in [2.75, 3.05) is 31.2 Å². The van der Waals surface area contributed by atoms with Crippen LogP contribution in [0.2, 0.25) is 0 Å². The van der Waals surface area contributed by atoms with Gasteiger partial charge in [0, 0.05) is 66.1 Å². The lowest BCUT2D eigenvalue weighted by atomic mass is 9.77. The largest absolute Gasteiger partial charge is 0.396 e. The number of nitrogens with zero attached hydrogens (tertiary/aromatic N) is 2. The van der Waals surface area contributed by atoms with Crippen molar-refractivity contribution < 1.29 is 14.8 Å². The maximum atomic E-state index is 9.79. The zero-order valence-corrected chi connectivity index (χ0v) is 30.3. The first-order valence-corrected chi connectivity index (χ1v) is 18.5. The molecule has 0 aromatic heterocycles. The number of anilines is 1. The summed E-state index contributed by atoms with van der Waals surface area (Å²) < 4.78 is 2.49. The van der Waals surface area contributed by atoms with E-state index in [1.807, 2.05) is 0 Å². The van der Waals surface area contributed by atoms with Crippen molar-refractivity contribution in [2.45, 2.75) is 83.5 Å². The molecule has 4 aromatic carbocycles. The quantitative estimate of drug-likeness (QED) is 0.165. The van der Waals surface area contributed by atoms with Gasteiger partial charge in [-0.25, -0.2) is 0 Å². The van der Waals surface area contributed by atoms with Crippen molar-refractivity contribution in [1.29, 1.82) is 0 Å². The Morgan fingerprint density at radius 2 is 1.43 bits per heavy atom. The van der Waals surface area contributed by atoms with Crippen molar-refractivity contribution in [3.8, 4) is 0 Å². The third-order valence-electron chi connectivity index (χ3n) is 11.3. The molecule has 0 radical (unpaired) electrons. The second-order valence-corrected chi connectivity index (χ2v) is 15.4. The molecule has 2 heterocycles. The normalized spacial score (nSPS) is 19.9. The molecule has 7 rings (SSSR count). The molecule has 0 saturated carbocycles. The topological polar surface area (TPSA) is 46.7 Å². The Balaban J connectivity index is 1.21. The highest BCUT2D eigenvalue weighted by Crippen LogP contribution is 2.51. The molecule has 0 spiro atoms. The second-order valence-electron chi connectivity index (χ2n) is 15.0. The summed E-state index contributed by atoms with van der Waals surface area (Å²) in [6, 6.07) is 26.4. The van der Waals surface area contributed by atoms with Gasteiger partial charge in [-0.3, -0.25) is 0 Å². The lowest BCUT2D eigenvalue weighted by molar-refractivity contribution is -0.440. The molecule has 4 nitrogen and oxygen atoms in total. The average Bonchev–Trinajstić information content (AvgIpc) is 3.46. The number of aliphatic hydroxyl groups is 2. The predicted octanol–water partition coefficient (Wildman–Crippen LogP) is 10.2. The average molecular weight is 674 g/mol. The standard InChI is InChI=1S/C44H50ClN2O2/c1-43(2)38(46(26-10-28-48)36-22-18-30-12-5-7-16-34(30)40(36)43)24-20-32-14-9-15-33(42(32)45)21-25-39-44(3,4)41-35-17-8-6-13-31(35)19-23-37(41)47(39)27-11-29-49/h5-8,12-13,16-20,22-24,48-49H,9-11,14-15,21,25-29H2,1-4H3/q+1. The second kappa shape index (κ2) is 13.5. The summed E-state index contributed by atoms with van der Waals surface area (Å²) in [5.74, 6) is 0. The molecule has 0 amide bonds. The minimum atomic E-state index is -0.196. The molecule has 49 heavy (non-hydrogen) atoms. The Kier molecular flexibility index (Phi) is 9.34. The number of aliphatic hydroxyl groups excluding tert-OH is 2. The number of allylic oxidation sites excluding steroid dienone is 6. The minimum absolute atomic E-state index is 0.123. The Morgan fingerprint density at radius 3 is 2.14 bits per heavy atom. The minimum Gasteiger partial charge on any atom is -0.396 e. The molecule has 2 N–H and O–H groups in total. The zero-order valence-electron chi connectivity index (χ0n) is 29.5. The molecule has 0 atom stereocenters. The summed E-state index contributed by atoms with van der Waals surface area (Å²) in [7, 11) is 0. The fourth-order valence-electron chi connectivity index (χ4n) is 8.98. The molecule has 1 aliphatic carbocycles. The van der Waals surface area contributed by atoms with Gasteiger partial charge in [-0.05, 0) is 96.8 Å². The summed E-state index contributed by atoms with van der Waals surface area (Å²) in [6.45, 7) is 11.3. The van der Waals surface area contributed by atoms with Crippen molar-refractivity contribution in [3.63, 3.8) is 0 Å². The molecule has 0 fully saturated rings. The third kappa shape index (κ3) is 5.86. The number of hydrogen-bond acceptors (Lipinski definition) is 3. The van der Waals surface area contributed by atoms with Gasteiger partial charge in [0.05, 0.1) is 5.41 Å². The van der Waals surface area contributed by atoms with Gasteiger partial charge < -0.3 is 15.1 Å². The van der Waals surface area contributed by atoms with Crippen LogP contribution >= 0.6 is 11.6 Å². The Morgan fingerprint density at radius 1 is 0.755 bits per heavy atom. The molecule has 3 aliphatic rings. The molecule has 4 aromatic rings. The van der Waals surface area contributed by atoms with E-state index >= 15 is 0 Å². The van der Waals surface area contributed by atoms with E-state index in [0.29, 0.717) is 6.42 Å². The highest BCUT2D eigenvalue weighted by atomic mass is 35.5. The fraction of sp³-hybridized carbons (Fsp3) is 0.386. The van der Waals surface area contributed by atoms with Crippen molar-refractivity contribution in [3.05, 3.63) is 118 Å². The van der Waals surface area contributed by atoms with Gasteiger partial charge in [0.25, 0.3) is 0 Å². The van der Waals surface area contributed by atoms with Gasteiger partial charge in [0.2, 0.25) is 5.69 Å². The number of halogens is 1. The summed E-state index contributed by atoms with van der Waals surface area (Å²) in [5, 5.41) is 25.7. The number of benzene rings is 4. The summed E-state index contributed by atoms with van der Waals surface area (Å²) in [6.07, 6.45) is 11.0. The first-order valence-electron chi connectivity index (χ1n) is 18.1. The van der Waals surface area contributed by atoms with E-state index in [1.54, 1.807) is 0 Å². The van der Waals surface area contributed by atoms with E-state index < -0.39 is 0 Å². The molecule has 2 aliphatic heterocycles. The van der Waals surface area contributed by atoms with Crippen molar-refractivity contribution >= 4 is 50.2 Å². The van der Waals surface area contributed by atoms with E-state index in [0.717, 1.165) is 56.6 Å². The van der Waals surface area contributed by atoms with Crippen LogP contribution in [0.3, 0.4) is 0 Å². The fourth-order valence-corrected chi connectivity index (χ4v) is 9.33. The van der Waals surface area contributed by atoms with Crippen LogP contribution in [0.15, 0.2) is 107 Å². The van der Waals surface area contributed by atoms with E-state index in [1.165, 1.54) is 66.6 Å². The maximum Gasteiger partial charge on any atom is 0.210 e. The molecule has 254 valence electrons. The lowest BCUT2D eigenvalue weighted by Gasteiger charge is -2.27. The molecular weight excluding hydrogens is 624 g/mol. The highest BCUT2D eigenvalue weighted by Gasteiger charge is 2.46. The van der Waals surface area contributed by atoms with Gasteiger partial charge in [-0.2, -0.15) is 4.58 Å². The molecule has 0 saturated heterocycles. The van der Waals surface area contributed by atoms with Crippen LogP contribution in [-0.2, 0) is 10.8 Å². The number of hydrogen-bond donors (Lipinski definition) is 2. The smallest absolute Gasteiger partial charge is 0.210 e.